The summed E-state index contributed by atoms with van der Waals surface area (Å²) in [6, 6.07) is 5.43. The number of aromatic nitrogens is 4. The fourth-order valence-electron chi connectivity index (χ4n) is 4.21. The molecular weight excluding hydrogens is 376 g/mol. The normalized spacial score (nSPS) is 21.1. The Kier molecular flexibility index (Phi) is 3.87. The molecular formula is C19H20N6O2S. The molecule has 0 aliphatic carbocycles. The van der Waals surface area contributed by atoms with E-state index in [0.717, 1.165) is 10.7 Å². The number of hydrogen-bond acceptors (Lipinski definition) is 5. The van der Waals surface area contributed by atoms with Crippen molar-refractivity contribution in [2.24, 2.45) is 7.05 Å². The van der Waals surface area contributed by atoms with Crippen LogP contribution in [0, 0.1) is 6.92 Å². The van der Waals surface area contributed by atoms with Crippen molar-refractivity contribution in [3.8, 4) is 0 Å². The summed E-state index contributed by atoms with van der Waals surface area (Å²) in [5.74, 6) is -0.107. The van der Waals surface area contributed by atoms with Gasteiger partial charge in [0, 0.05) is 37.9 Å². The summed E-state index contributed by atoms with van der Waals surface area (Å²) in [6.07, 6.45) is 3.70. The number of fused-ring (bicyclic) bond motifs is 3. The van der Waals surface area contributed by atoms with Crippen LogP contribution in [0.1, 0.15) is 37.7 Å². The summed E-state index contributed by atoms with van der Waals surface area (Å²) >= 11 is 1.58. The molecule has 2 atom stereocenters. The monoisotopic (exact) mass is 396 g/mol. The van der Waals surface area contributed by atoms with Crippen LogP contribution >= 0.6 is 11.3 Å². The van der Waals surface area contributed by atoms with Crippen LogP contribution in [0.5, 0.6) is 0 Å². The van der Waals surface area contributed by atoms with Gasteiger partial charge < -0.3 is 14.4 Å². The molecule has 3 aromatic heterocycles. The average Bonchev–Trinajstić information content (AvgIpc) is 3.44. The number of amides is 2. The molecule has 5 heterocycles. The Labute approximate surface area is 166 Å². The molecule has 144 valence electrons. The van der Waals surface area contributed by atoms with Crippen LogP contribution in [-0.4, -0.2) is 60.1 Å². The van der Waals surface area contributed by atoms with E-state index in [-0.39, 0.29) is 23.9 Å². The zero-order valence-corrected chi connectivity index (χ0v) is 16.5. The smallest absolute Gasteiger partial charge is 0.274 e. The van der Waals surface area contributed by atoms with Crippen molar-refractivity contribution in [2.75, 3.05) is 13.1 Å². The first-order chi connectivity index (χ1) is 13.5. The second kappa shape index (κ2) is 6.30. The zero-order valence-electron chi connectivity index (χ0n) is 15.6. The van der Waals surface area contributed by atoms with Gasteiger partial charge in [0.2, 0.25) is 0 Å². The van der Waals surface area contributed by atoms with Crippen molar-refractivity contribution in [1.82, 2.24) is 29.1 Å². The lowest BCUT2D eigenvalue weighted by Crippen LogP contribution is -2.49. The maximum atomic E-state index is 13.1. The minimum atomic E-state index is -0.0967. The van der Waals surface area contributed by atoms with Crippen LogP contribution in [0.4, 0.5) is 0 Å². The van der Waals surface area contributed by atoms with Gasteiger partial charge in [-0.3, -0.25) is 14.3 Å². The highest BCUT2D eigenvalue weighted by Crippen LogP contribution is 2.35. The summed E-state index contributed by atoms with van der Waals surface area (Å²) in [7, 11) is 1.79. The zero-order chi connectivity index (χ0) is 19.4. The summed E-state index contributed by atoms with van der Waals surface area (Å²) < 4.78 is 3.64. The van der Waals surface area contributed by atoms with Crippen molar-refractivity contribution in [3.05, 3.63) is 58.1 Å². The van der Waals surface area contributed by atoms with Gasteiger partial charge in [-0.1, -0.05) is 0 Å². The summed E-state index contributed by atoms with van der Waals surface area (Å²) in [5.41, 5.74) is 1.99. The highest BCUT2D eigenvalue weighted by Gasteiger charge is 2.46. The highest BCUT2D eigenvalue weighted by atomic mass is 32.1. The molecule has 0 unspecified atom stereocenters. The second-order valence-electron chi connectivity index (χ2n) is 7.31. The molecule has 2 aliphatic heterocycles. The molecule has 2 aliphatic rings. The third-order valence-electron chi connectivity index (χ3n) is 5.49. The minimum absolute atomic E-state index is 0.0101. The molecule has 0 saturated carbocycles. The van der Waals surface area contributed by atoms with Crippen LogP contribution in [0.25, 0.3) is 0 Å². The predicted octanol–water partition coefficient (Wildman–Crippen LogP) is 1.71. The molecule has 0 N–H and O–H groups in total. The van der Waals surface area contributed by atoms with E-state index in [1.807, 2.05) is 40.1 Å². The lowest BCUT2D eigenvalue weighted by atomic mass is 10.1. The Bertz CT molecular complexity index is 1070. The summed E-state index contributed by atoms with van der Waals surface area (Å²) in [6.45, 7) is 3.47. The van der Waals surface area contributed by atoms with Gasteiger partial charge in [0.15, 0.2) is 0 Å². The first kappa shape index (κ1) is 17.2. The third kappa shape index (κ3) is 2.65. The Balaban J connectivity index is 1.47. The fourth-order valence-corrected chi connectivity index (χ4v) is 4.82. The van der Waals surface area contributed by atoms with Gasteiger partial charge in [-0.25, -0.2) is 4.98 Å². The standard InChI is InChI=1S/C19H20N6O2S/c1-12-20-13(11-28-12)8-25-17-10-23(18(26)14-5-7-22(2)21-14)9-16(17)24-6-3-4-15(24)19(25)27/h3-7,11,16-17H,8-10H2,1-2H3/t16-,17+/m0/s1. The van der Waals surface area contributed by atoms with Gasteiger partial charge in [0.25, 0.3) is 11.8 Å². The SMILES string of the molecule is Cc1nc(CN2C(=O)c3cccn3[C@H]3CN(C(=O)c4ccn(C)n4)C[C@H]32)cs1. The number of carbonyl (C=O) groups excluding carboxylic acids is 2. The van der Waals surface area contributed by atoms with Crippen LogP contribution in [0.15, 0.2) is 36.0 Å². The van der Waals surface area contributed by atoms with Crippen LogP contribution < -0.4 is 0 Å². The van der Waals surface area contributed by atoms with E-state index in [1.54, 1.807) is 40.2 Å². The Morgan fingerprint density at radius 3 is 2.79 bits per heavy atom. The Morgan fingerprint density at radius 1 is 1.25 bits per heavy atom. The van der Waals surface area contributed by atoms with E-state index in [9.17, 15) is 9.59 Å². The predicted molar refractivity (Wildman–Crippen MR) is 103 cm³/mol. The van der Waals surface area contributed by atoms with E-state index < -0.39 is 0 Å². The maximum Gasteiger partial charge on any atom is 0.274 e. The highest BCUT2D eigenvalue weighted by molar-refractivity contribution is 7.09. The number of likely N-dealkylation sites (tertiary alicyclic amines) is 1. The van der Waals surface area contributed by atoms with Crippen molar-refractivity contribution in [2.45, 2.75) is 25.6 Å². The van der Waals surface area contributed by atoms with E-state index in [2.05, 4.69) is 10.1 Å². The molecule has 0 bridgehead atoms. The van der Waals surface area contributed by atoms with Gasteiger partial charge in [-0.2, -0.15) is 5.10 Å². The quantitative estimate of drug-likeness (QED) is 0.675. The minimum Gasteiger partial charge on any atom is -0.337 e. The molecule has 1 fully saturated rings. The second-order valence-corrected chi connectivity index (χ2v) is 8.37. The Hall–Kier alpha value is -2.94. The molecule has 28 heavy (non-hydrogen) atoms. The van der Waals surface area contributed by atoms with Crippen LogP contribution in [-0.2, 0) is 13.6 Å². The first-order valence-electron chi connectivity index (χ1n) is 9.19. The van der Waals surface area contributed by atoms with E-state index in [1.165, 1.54) is 0 Å². The summed E-state index contributed by atoms with van der Waals surface area (Å²) in [4.78, 5) is 34.3. The lowest BCUT2D eigenvalue weighted by molar-refractivity contribution is 0.0547. The molecule has 8 nitrogen and oxygen atoms in total. The van der Waals surface area contributed by atoms with E-state index in [4.69, 9.17) is 0 Å². The third-order valence-corrected chi connectivity index (χ3v) is 6.32. The number of nitrogens with zero attached hydrogens (tertiary/aromatic N) is 6. The van der Waals surface area contributed by atoms with Gasteiger partial charge >= 0.3 is 0 Å². The molecule has 3 aromatic rings. The average molecular weight is 396 g/mol. The van der Waals surface area contributed by atoms with Crippen LogP contribution in [0.2, 0.25) is 0 Å². The maximum absolute atomic E-state index is 13.1. The van der Waals surface area contributed by atoms with E-state index >= 15 is 0 Å². The van der Waals surface area contributed by atoms with Gasteiger partial charge in [0.05, 0.1) is 29.3 Å². The number of rotatable bonds is 3. The lowest BCUT2D eigenvalue weighted by Gasteiger charge is -2.37. The largest absolute Gasteiger partial charge is 0.337 e. The van der Waals surface area contributed by atoms with Crippen molar-refractivity contribution >= 4 is 23.2 Å². The van der Waals surface area contributed by atoms with Crippen molar-refractivity contribution in [3.63, 3.8) is 0 Å². The molecule has 5 rings (SSSR count). The van der Waals surface area contributed by atoms with Gasteiger partial charge in [-0.15, -0.1) is 11.3 Å². The molecule has 0 aromatic carbocycles. The number of carbonyl (C=O) groups is 2. The molecule has 1 saturated heterocycles. The molecule has 2 amide bonds. The molecule has 0 radical (unpaired) electrons. The first-order valence-corrected chi connectivity index (χ1v) is 10.1. The van der Waals surface area contributed by atoms with Crippen molar-refractivity contribution in [1.29, 1.82) is 0 Å². The number of hydrogen-bond donors (Lipinski definition) is 0. The number of thiazole rings is 1. The molecule has 9 heteroatoms. The van der Waals surface area contributed by atoms with Gasteiger partial charge in [0.1, 0.15) is 11.4 Å². The van der Waals surface area contributed by atoms with Gasteiger partial charge in [-0.05, 0) is 25.1 Å². The van der Waals surface area contributed by atoms with E-state index in [0.29, 0.717) is 31.0 Å². The van der Waals surface area contributed by atoms with Crippen LogP contribution in [0.3, 0.4) is 0 Å². The topological polar surface area (TPSA) is 76.3 Å². The molecule has 0 spiro atoms. The fraction of sp³-hybridized carbons (Fsp3) is 0.368. The number of aryl methyl sites for hydroxylation is 2. The van der Waals surface area contributed by atoms with Crippen molar-refractivity contribution < 1.29 is 9.59 Å². The Morgan fingerprint density at radius 2 is 2.07 bits per heavy atom. The summed E-state index contributed by atoms with van der Waals surface area (Å²) in [5, 5.41) is 7.22.